The van der Waals surface area contributed by atoms with Crippen LogP contribution in [0.2, 0.25) is 0 Å². The Hall–Kier alpha value is -3.84. The molecule has 0 aromatic heterocycles. The highest BCUT2D eigenvalue weighted by Gasteiger charge is 2.44. The van der Waals surface area contributed by atoms with Crippen LogP contribution in [0.5, 0.6) is 0 Å². The largest absolute Gasteiger partial charge is 0.356 e. The van der Waals surface area contributed by atoms with Crippen LogP contribution in [0.25, 0.3) is 0 Å². The van der Waals surface area contributed by atoms with Gasteiger partial charge in [0.1, 0.15) is 6.54 Å². The van der Waals surface area contributed by atoms with Gasteiger partial charge in [-0.2, -0.15) is 21.4 Å². The lowest BCUT2D eigenvalue weighted by atomic mass is 9.81. The van der Waals surface area contributed by atoms with Gasteiger partial charge in [-0.25, -0.2) is 0 Å². The van der Waals surface area contributed by atoms with Gasteiger partial charge in [-0.3, -0.25) is 13.9 Å². The van der Waals surface area contributed by atoms with Crippen molar-refractivity contribution in [2.24, 2.45) is 17.8 Å². The van der Waals surface area contributed by atoms with Gasteiger partial charge in [0.2, 0.25) is 11.6 Å². The molecular formula is C41H52N3O7S2+. The molecule has 2 heterocycles. The topological polar surface area (TPSA) is 144 Å². The first kappa shape index (κ1) is 38.9. The molecule has 2 aliphatic carbocycles. The Balaban J connectivity index is 1.15. The molecule has 1 amide bonds. The second-order valence-corrected chi connectivity index (χ2v) is 18.6. The number of carbonyl (C=O) groups excluding carboxylic acids is 1. The zero-order chi connectivity index (χ0) is 38.3. The van der Waals surface area contributed by atoms with E-state index in [1.54, 1.807) is 24.3 Å². The first-order chi connectivity index (χ1) is 24.9. The van der Waals surface area contributed by atoms with E-state index in [1.807, 2.05) is 65.0 Å². The van der Waals surface area contributed by atoms with Gasteiger partial charge in [0.15, 0.2) is 5.71 Å². The second-order valence-electron chi connectivity index (χ2n) is 15.8. The van der Waals surface area contributed by atoms with Crippen LogP contribution in [-0.4, -0.2) is 61.8 Å². The summed E-state index contributed by atoms with van der Waals surface area (Å²) in [5, 5.41) is 3.15. The Kier molecular flexibility index (Phi) is 10.8. The average Bonchev–Trinajstić information content (AvgIpc) is 3.82. The summed E-state index contributed by atoms with van der Waals surface area (Å²) >= 11 is 0. The first-order valence-corrected chi connectivity index (χ1v) is 21.5. The number of nitrogens with one attached hydrogen (secondary N) is 1. The number of hydrogen-bond acceptors (Lipinski definition) is 6. The molecule has 1 fully saturated rings. The lowest BCUT2D eigenvalue weighted by Gasteiger charge is -2.27. The van der Waals surface area contributed by atoms with Crippen LogP contribution < -0.4 is 10.2 Å². The minimum Gasteiger partial charge on any atom is -0.356 e. The monoisotopic (exact) mass is 762 g/mol. The van der Waals surface area contributed by atoms with Crippen molar-refractivity contribution in [1.82, 2.24) is 5.32 Å². The maximum atomic E-state index is 12.6. The van der Waals surface area contributed by atoms with Crippen LogP contribution in [0.4, 0.5) is 11.4 Å². The Labute approximate surface area is 314 Å². The molecule has 284 valence electrons. The minimum absolute atomic E-state index is 0.105. The third kappa shape index (κ3) is 7.87. The fourth-order valence-corrected chi connectivity index (χ4v) is 9.78. The molecule has 4 aliphatic rings. The zero-order valence-corrected chi connectivity index (χ0v) is 32.9. The minimum atomic E-state index is -4.38. The average molecular weight is 763 g/mol. The van der Waals surface area contributed by atoms with Gasteiger partial charge in [0.25, 0.3) is 20.2 Å². The van der Waals surface area contributed by atoms with Gasteiger partial charge in [-0.05, 0) is 106 Å². The number of nitrogens with zero attached hydrogens (tertiary/aromatic N) is 2. The fourth-order valence-electron chi connectivity index (χ4n) is 8.76. The summed E-state index contributed by atoms with van der Waals surface area (Å²) in [5.74, 6) is 1.97. The SMILES string of the molecule is CC[N+]1=C(/C=C/C=C/C=C2/N(CCCCCC(=O)NC[C@@H]3CC4C=CC3C4)c3ccc(S(=O)(=O)O)cc3C2(C)C)C(C)(C)c2cc(S(=O)(=O)O)ccc21. The van der Waals surface area contributed by atoms with E-state index in [2.05, 4.69) is 26.9 Å². The van der Waals surface area contributed by atoms with Crippen LogP contribution in [0, 0.1) is 17.8 Å². The molecule has 10 nitrogen and oxygen atoms in total. The molecule has 1 saturated carbocycles. The molecule has 2 aromatic rings. The van der Waals surface area contributed by atoms with E-state index >= 15 is 0 Å². The number of allylic oxidation sites excluding steroid dienone is 8. The van der Waals surface area contributed by atoms with Gasteiger partial charge in [-0.15, -0.1) is 0 Å². The molecule has 53 heavy (non-hydrogen) atoms. The maximum absolute atomic E-state index is 12.6. The molecular weight excluding hydrogens is 711 g/mol. The van der Waals surface area contributed by atoms with E-state index in [4.69, 9.17) is 0 Å². The lowest BCUT2D eigenvalue weighted by molar-refractivity contribution is -0.433. The van der Waals surface area contributed by atoms with E-state index in [0.717, 1.165) is 59.7 Å². The predicted molar refractivity (Wildman–Crippen MR) is 208 cm³/mol. The quantitative estimate of drug-likeness (QED) is 0.0600. The molecule has 0 saturated heterocycles. The van der Waals surface area contributed by atoms with Crippen molar-refractivity contribution < 1.29 is 35.3 Å². The summed E-state index contributed by atoms with van der Waals surface area (Å²) in [6, 6.07) is 9.45. The number of carbonyl (C=O) groups is 1. The Bertz CT molecular complexity index is 2160. The third-order valence-electron chi connectivity index (χ3n) is 11.6. The second kappa shape index (κ2) is 14.8. The third-order valence-corrected chi connectivity index (χ3v) is 13.3. The van der Waals surface area contributed by atoms with Crippen molar-refractivity contribution >= 4 is 43.2 Å². The van der Waals surface area contributed by atoms with Gasteiger partial charge in [-0.1, -0.05) is 50.6 Å². The van der Waals surface area contributed by atoms with Crippen LogP contribution in [0.3, 0.4) is 0 Å². The van der Waals surface area contributed by atoms with Crippen molar-refractivity contribution in [3.05, 3.63) is 95.8 Å². The molecule has 12 heteroatoms. The number of anilines is 1. The van der Waals surface area contributed by atoms with E-state index in [9.17, 15) is 30.7 Å². The molecule has 2 unspecified atom stereocenters. The summed E-state index contributed by atoms with van der Waals surface area (Å²) < 4.78 is 69.5. The van der Waals surface area contributed by atoms with Crippen molar-refractivity contribution in [3.63, 3.8) is 0 Å². The summed E-state index contributed by atoms with van der Waals surface area (Å²) in [4.78, 5) is 14.5. The number of benzene rings is 2. The molecule has 3 N–H and O–H groups in total. The summed E-state index contributed by atoms with van der Waals surface area (Å²) in [6.07, 6.45) is 19.9. The molecule has 2 aliphatic heterocycles. The highest BCUT2D eigenvalue weighted by Crippen LogP contribution is 2.49. The maximum Gasteiger partial charge on any atom is 0.294 e. The first-order valence-electron chi connectivity index (χ1n) is 18.6. The van der Waals surface area contributed by atoms with Crippen molar-refractivity contribution in [2.75, 3.05) is 24.5 Å². The summed E-state index contributed by atoms with van der Waals surface area (Å²) in [6.45, 7) is 12.3. The highest BCUT2D eigenvalue weighted by molar-refractivity contribution is 7.86. The van der Waals surface area contributed by atoms with Gasteiger partial charge in [0, 0.05) is 54.0 Å². The Morgan fingerprint density at radius 1 is 0.887 bits per heavy atom. The van der Waals surface area contributed by atoms with Crippen molar-refractivity contribution in [1.29, 1.82) is 0 Å². The number of unbranched alkanes of at least 4 members (excludes halogenated alkanes) is 2. The van der Waals surface area contributed by atoms with E-state index < -0.39 is 31.1 Å². The molecule has 0 radical (unpaired) electrons. The number of amides is 1. The van der Waals surface area contributed by atoms with Gasteiger partial charge >= 0.3 is 0 Å². The highest BCUT2D eigenvalue weighted by atomic mass is 32.2. The predicted octanol–water partition coefficient (Wildman–Crippen LogP) is 7.26. The number of hydrogen-bond donors (Lipinski definition) is 3. The molecule has 0 spiro atoms. The van der Waals surface area contributed by atoms with Crippen molar-refractivity contribution in [2.45, 2.75) is 93.8 Å². The molecule has 2 bridgehead atoms. The number of fused-ring (bicyclic) bond motifs is 4. The van der Waals surface area contributed by atoms with Crippen LogP contribution >= 0.6 is 0 Å². The molecule has 6 rings (SSSR count). The summed E-state index contributed by atoms with van der Waals surface area (Å²) in [5.41, 5.74) is 4.31. The molecule has 2 aromatic carbocycles. The van der Waals surface area contributed by atoms with Gasteiger partial charge in [0.05, 0.1) is 15.2 Å². The zero-order valence-electron chi connectivity index (χ0n) is 31.2. The van der Waals surface area contributed by atoms with E-state index in [0.29, 0.717) is 37.3 Å². The van der Waals surface area contributed by atoms with Crippen LogP contribution in [0.1, 0.15) is 84.3 Å². The molecule has 3 atom stereocenters. The normalized spacial score (nSPS) is 23.6. The smallest absolute Gasteiger partial charge is 0.294 e. The van der Waals surface area contributed by atoms with Gasteiger partial charge < -0.3 is 10.2 Å². The van der Waals surface area contributed by atoms with E-state index in [1.165, 1.54) is 25.0 Å². The lowest BCUT2D eigenvalue weighted by Crippen LogP contribution is -2.30. The van der Waals surface area contributed by atoms with Crippen LogP contribution in [0.15, 0.2) is 94.4 Å². The van der Waals surface area contributed by atoms with Crippen molar-refractivity contribution in [3.8, 4) is 0 Å². The summed E-state index contributed by atoms with van der Waals surface area (Å²) in [7, 11) is -8.72. The van der Waals surface area contributed by atoms with Crippen LogP contribution in [-0.2, 0) is 35.9 Å². The standard InChI is InChI=1S/C41H51N3O7S2/c1-6-43-35-20-18-31(52(46,47)48)25-33(35)40(2,3)37(43)13-9-7-10-14-38-41(4,5)34-26-32(53(49,50)51)19-21-36(34)44(38)22-12-8-11-15-39(45)42-27-30-24-28-16-17-29(30)23-28/h7,9-10,13-14,16-21,25-26,28-30H,6,8,11-12,15,22-24,27H2,1-5H3,(H2-,42,45,46,47,48,49,50,51)/p+1/t28?,29?,30-/m0/s1. The van der Waals surface area contributed by atoms with E-state index in [-0.39, 0.29) is 15.7 Å². The Morgan fingerprint density at radius 3 is 2.23 bits per heavy atom. The fraction of sp³-hybridized carbons (Fsp3) is 0.463. The number of rotatable bonds is 14. The Morgan fingerprint density at radius 2 is 1.58 bits per heavy atom.